The average molecular weight is 741 g/mol. The number of phenolic OH excluding ortho intramolecular Hbond substituents is 2. The predicted octanol–water partition coefficient (Wildman–Crippen LogP) is -3.58. The third kappa shape index (κ3) is 6.85. The highest BCUT2D eigenvalue weighted by Gasteiger charge is 2.52. The molecule has 15 unspecified atom stereocenters. The van der Waals surface area contributed by atoms with Crippen molar-refractivity contribution in [3.05, 3.63) is 52.2 Å². The predicted molar refractivity (Wildman–Crippen MR) is 170 cm³/mol. The van der Waals surface area contributed by atoms with Gasteiger partial charge in [0.25, 0.3) is 0 Å². The van der Waals surface area contributed by atoms with E-state index >= 15 is 0 Å². The minimum atomic E-state index is -1.96. The number of phenols is 2. The Labute approximate surface area is 293 Å². The summed E-state index contributed by atoms with van der Waals surface area (Å²) in [4.78, 5) is 13.9. The number of aromatic hydroxyl groups is 2. The normalized spacial score (nSPS) is 38.3. The van der Waals surface area contributed by atoms with Crippen molar-refractivity contribution in [2.75, 3.05) is 13.2 Å². The van der Waals surface area contributed by atoms with Crippen molar-refractivity contribution < 1.29 is 89.4 Å². The SMILES string of the molecule is CC1OC(OC2C(c3c(O)cc(OC4OC(CO)C(O)C(O)C4O)c4c(=O)cc(-c5ccc(O)cc5)oc34)OC(CO)C(O)C2O)C(O)C(O)C1O. The van der Waals surface area contributed by atoms with Crippen molar-refractivity contribution in [2.24, 2.45) is 0 Å². The van der Waals surface area contributed by atoms with Crippen LogP contribution in [0.5, 0.6) is 17.2 Å². The minimum absolute atomic E-state index is 0.113. The van der Waals surface area contributed by atoms with Gasteiger partial charge in [0, 0.05) is 17.7 Å². The van der Waals surface area contributed by atoms with Gasteiger partial charge in [0.1, 0.15) is 102 Å². The first kappa shape index (κ1) is 38.2. The van der Waals surface area contributed by atoms with E-state index < -0.39 is 139 Å². The molecule has 19 nitrogen and oxygen atoms in total. The molecule has 15 atom stereocenters. The first-order valence-electron chi connectivity index (χ1n) is 16.2. The van der Waals surface area contributed by atoms with Crippen molar-refractivity contribution in [3.63, 3.8) is 0 Å². The van der Waals surface area contributed by atoms with Crippen LogP contribution in [0, 0.1) is 0 Å². The van der Waals surface area contributed by atoms with Crippen molar-refractivity contribution in [2.45, 2.75) is 98.9 Å². The number of ether oxygens (including phenoxy) is 5. The van der Waals surface area contributed by atoms with E-state index in [0.29, 0.717) is 0 Å². The molecule has 4 heterocycles. The summed E-state index contributed by atoms with van der Waals surface area (Å²) in [6.07, 6.45) is -25.8. The Hall–Kier alpha value is -3.51. The van der Waals surface area contributed by atoms with Crippen LogP contribution in [-0.2, 0) is 18.9 Å². The molecule has 52 heavy (non-hydrogen) atoms. The lowest BCUT2D eigenvalue weighted by atomic mass is 9.89. The summed E-state index contributed by atoms with van der Waals surface area (Å²) in [5.41, 5.74) is -1.51. The smallest absolute Gasteiger partial charge is 0.229 e. The second-order valence-electron chi connectivity index (χ2n) is 12.9. The van der Waals surface area contributed by atoms with Crippen LogP contribution in [0.4, 0.5) is 0 Å². The van der Waals surface area contributed by atoms with Crippen molar-refractivity contribution >= 4 is 11.0 Å². The molecule has 19 heteroatoms. The summed E-state index contributed by atoms with van der Waals surface area (Å²) in [6.45, 7) is -0.306. The van der Waals surface area contributed by atoms with E-state index in [-0.39, 0.29) is 17.1 Å². The maximum absolute atomic E-state index is 13.9. The summed E-state index contributed by atoms with van der Waals surface area (Å²) in [7, 11) is 0. The molecule has 286 valence electrons. The zero-order chi connectivity index (χ0) is 37.8. The van der Waals surface area contributed by atoms with Crippen LogP contribution in [0.2, 0.25) is 0 Å². The lowest BCUT2D eigenvalue weighted by Gasteiger charge is -2.46. The van der Waals surface area contributed by atoms with Crippen LogP contribution in [0.15, 0.2) is 45.6 Å². The Bertz CT molecular complexity index is 1760. The molecule has 0 amide bonds. The van der Waals surface area contributed by atoms with Crippen molar-refractivity contribution in [3.8, 4) is 28.6 Å². The topological polar surface area (TPSA) is 319 Å². The summed E-state index contributed by atoms with van der Waals surface area (Å²) >= 11 is 0. The van der Waals surface area contributed by atoms with E-state index in [1.165, 1.54) is 31.2 Å². The molecule has 3 fully saturated rings. The Balaban J connectivity index is 1.52. The van der Waals surface area contributed by atoms with Gasteiger partial charge < -0.3 is 89.4 Å². The zero-order valence-electron chi connectivity index (χ0n) is 27.3. The van der Waals surface area contributed by atoms with Crippen molar-refractivity contribution in [1.82, 2.24) is 0 Å². The molecule has 1 aromatic heterocycles. The van der Waals surface area contributed by atoms with Crippen molar-refractivity contribution in [1.29, 1.82) is 0 Å². The van der Waals surface area contributed by atoms with Crippen LogP contribution in [0.25, 0.3) is 22.3 Å². The van der Waals surface area contributed by atoms with Gasteiger partial charge in [-0.25, -0.2) is 0 Å². The second kappa shape index (κ2) is 15.1. The van der Waals surface area contributed by atoms with E-state index in [9.17, 15) is 66.1 Å². The molecule has 2 aromatic carbocycles. The Morgan fingerprint density at radius 2 is 1.29 bits per heavy atom. The van der Waals surface area contributed by atoms with E-state index in [0.717, 1.165) is 12.1 Å². The number of aliphatic hydroxyl groups excluding tert-OH is 10. The van der Waals surface area contributed by atoms with Gasteiger partial charge in [-0.05, 0) is 31.2 Å². The highest BCUT2D eigenvalue weighted by Crippen LogP contribution is 2.46. The summed E-state index contributed by atoms with van der Waals surface area (Å²) in [6, 6.07) is 7.31. The Kier molecular flexibility index (Phi) is 11.1. The molecule has 0 aliphatic carbocycles. The third-order valence-electron chi connectivity index (χ3n) is 9.48. The molecule has 3 aliphatic rings. The number of benzene rings is 2. The van der Waals surface area contributed by atoms with Gasteiger partial charge in [0.05, 0.1) is 24.9 Å². The average Bonchev–Trinajstić information content (AvgIpc) is 3.12. The molecule has 0 spiro atoms. The van der Waals surface area contributed by atoms with Gasteiger partial charge in [-0.3, -0.25) is 4.79 Å². The van der Waals surface area contributed by atoms with E-state index in [4.69, 9.17) is 28.1 Å². The monoisotopic (exact) mass is 740 g/mol. The fraction of sp³-hybridized carbons (Fsp3) is 0.545. The largest absolute Gasteiger partial charge is 0.508 e. The molecule has 6 rings (SSSR count). The standard InChI is InChI=1S/C33H40O19/c1-10-21(39)24(42)27(45)32(47-10)52-31-26(44)23(41)17(8-34)49-30(31)20-14(38)7-16(50-33-28(46)25(43)22(40)18(9-35)51-33)19-13(37)6-15(48-29(19)20)11-2-4-12(36)5-3-11/h2-7,10,17-18,21-28,30-36,38-46H,8-9H2,1H3. The highest BCUT2D eigenvalue weighted by atomic mass is 16.7. The molecule has 3 aromatic rings. The molecule has 3 aliphatic heterocycles. The maximum Gasteiger partial charge on any atom is 0.229 e. The molecule has 0 bridgehead atoms. The van der Waals surface area contributed by atoms with E-state index in [2.05, 4.69) is 0 Å². The number of fused-ring (bicyclic) bond motifs is 1. The van der Waals surface area contributed by atoms with Gasteiger partial charge >= 0.3 is 0 Å². The van der Waals surface area contributed by atoms with Crippen LogP contribution < -0.4 is 10.2 Å². The van der Waals surface area contributed by atoms with Crippen LogP contribution in [0.3, 0.4) is 0 Å². The lowest BCUT2D eigenvalue weighted by molar-refractivity contribution is -0.338. The van der Waals surface area contributed by atoms with Crippen LogP contribution in [-0.4, -0.2) is 160 Å². The summed E-state index contributed by atoms with van der Waals surface area (Å²) < 4.78 is 34.7. The number of hydrogen-bond donors (Lipinski definition) is 12. The number of aliphatic hydroxyl groups is 10. The first-order valence-corrected chi connectivity index (χ1v) is 16.2. The number of hydrogen-bond acceptors (Lipinski definition) is 19. The molecule has 3 saturated heterocycles. The fourth-order valence-electron chi connectivity index (χ4n) is 6.49. The lowest BCUT2D eigenvalue weighted by Crippen LogP contribution is -2.61. The van der Waals surface area contributed by atoms with Crippen LogP contribution >= 0.6 is 0 Å². The summed E-state index contributed by atoms with van der Waals surface area (Å²) in [5.74, 6) is -1.53. The molecular formula is C33H40O19. The number of rotatable bonds is 8. The maximum atomic E-state index is 13.9. The minimum Gasteiger partial charge on any atom is -0.508 e. The Morgan fingerprint density at radius 3 is 1.94 bits per heavy atom. The third-order valence-corrected chi connectivity index (χ3v) is 9.48. The van der Waals surface area contributed by atoms with Crippen LogP contribution in [0.1, 0.15) is 18.6 Å². The van der Waals surface area contributed by atoms with Gasteiger partial charge in [0.2, 0.25) is 6.29 Å². The summed E-state index contributed by atoms with van der Waals surface area (Å²) in [5, 5.41) is 125. The molecule has 12 N–H and O–H groups in total. The van der Waals surface area contributed by atoms with Gasteiger partial charge in [-0.2, -0.15) is 0 Å². The molecular weight excluding hydrogens is 700 g/mol. The Morgan fingerprint density at radius 1 is 0.692 bits per heavy atom. The molecule has 0 saturated carbocycles. The van der Waals surface area contributed by atoms with Gasteiger partial charge in [-0.1, -0.05) is 0 Å². The fourth-order valence-corrected chi connectivity index (χ4v) is 6.49. The second-order valence-corrected chi connectivity index (χ2v) is 12.9. The molecule has 0 radical (unpaired) electrons. The zero-order valence-corrected chi connectivity index (χ0v) is 27.3. The van der Waals surface area contributed by atoms with E-state index in [1.54, 1.807) is 0 Å². The quantitative estimate of drug-likeness (QED) is 0.106. The highest BCUT2D eigenvalue weighted by molar-refractivity contribution is 5.90. The van der Waals surface area contributed by atoms with Gasteiger partial charge in [-0.15, -0.1) is 0 Å². The van der Waals surface area contributed by atoms with Gasteiger partial charge in [0.15, 0.2) is 17.3 Å². The first-order chi connectivity index (χ1) is 24.7. The van der Waals surface area contributed by atoms with E-state index in [1.807, 2.05) is 0 Å².